The normalized spacial score (nSPS) is 10.8. The van der Waals surface area contributed by atoms with Crippen molar-refractivity contribution in [3.8, 4) is 6.07 Å². The van der Waals surface area contributed by atoms with Gasteiger partial charge < -0.3 is 4.57 Å². The van der Waals surface area contributed by atoms with E-state index in [9.17, 15) is 0 Å². The van der Waals surface area contributed by atoms with Crippen LogP contribution in [0.15, 0.2) is 29.4 Å². The van der Waals surface area contributed by atoms with Gasteiger partial charge in [0.1, 0.15) is 0 Å². The van der Waals surface area contributed by atoms with Crippen molar-refractivity contribution in [3.63, 3.8) is 0 Å². The topological polar surface area (TPSA) is 41.6 Å². The number of nitrogens with zero attached hydrogens (tertiary/aromatic N) is 3. The first kappa shape index (κ1) is 14.9. The lowest BCUT2D eigenvalue weighted by Crippen LogP contribution is -2.00. The Bertz CT molecular complexity index is 583. The van der Waals surface area contributed by atoms with Gasteiger partial charge >= 0.3 is 0 Å². The van der Waals surface area contributed by atoms with Crippen molar-refractivity contribution in [1.82, 2.24) is 9.55 Å². The molecule has 2 rings (SSSR count). The molecule has 2 aromatic rings. The molecule has 0 aliphatic carbocycles. The summed E-state index contributed by atoms with van der Waals surface area (Å²) in [5.41, 5.74) is 2.30. The van der Waals surface area contributed by atoms with Gasteiger partial charge in [0.05, 0.1) is 17.1 Å². The number of para-hydroxylation sites is 2. The highest BCUT2D eigenvalue weighted by Crippen LogP contribution is 2.25. The molecule has 0 spiro atoms. The van der Waals surface area contributed by atoms with Crippen LogP contribution in [0.4, 0.5) is 0 Å². The molecule has 0 unspecified atom stereocenters. The molecule has 0 bridgehead atoms. The van der Waals surface area contributed by atoms with Crippen LogP contribution < -0.4 is 0 Å². The van der Waals surface area contributed by atoms with Gasteiger partial charge in [-0.15, -0.1) is 0 Å². The van der Waals surface area contributed by atoms with Gasteiger partial charge in [0.2, 0.25) is 0 Å². The first-order valence-corrected chi connectivity index (χ1v) is 8.30. The molecule has 0 amide bonds. The van der Waals surface area contributed by atoms with Gasteiger partial charge in [0.15, 0.2) is 5.16 Å². The van der Waals surface area contributed by atoms with Gasteiger partial charge in [0, 0.05) is 18.7 Å². The molecule has 3 nitrogen and oxygen atoms in total. The SMILES string of the molecule is CCCCCn1c(SCCCC#N)nc2ccccc21. The van der Waals surface area contributed by atoms with Gasteiger partial charge in [-0.05, 0) is 25.0 Å². The molecule has 1 aromatic heterocycles. The Morgan fingerprint density at radius 2 is 2.10 bits per heavy atom. The van der Waals surface area contributed by atoms with Gasteiger partial charge in [0.25, 0.3) is 0 Å². The number of thioether (sulfide) groups is 1. The summed E-state index contributed by atoms with van der Waals surface area (Å²) in [6.07, 6.45) is 5.24. The second kappa shape index (κ2) is 7.96. The maximum atomic E-state index is 8.60. The number of aryl methyl sites for hydroxylation is 1. The summed E-state index contributed by atoms with van der Waals surface area (Å²) in [6.45, 7) is 3.26. The van der Waals surface area contributed by atoms with Crippen molar-refractivity contribution < 1.29 is 0 Å². The van der Waals surface area contributed by atoms with Crippen molar-refractivity contribution in [3.05, 3.63) is 24.3 Å². The highest BCUT2D eigenvalue weighted by molar-refractivity contribution is 7.99. The summed E-state index contributed by atoms with van der Waals surface area (Å²) in [5, 5.41) is 9.69. The highest BCUT2D eigenvalue weighted by atomic mass is 32.2. The highest BCUT2D eigenvalue weighted by Gasteiger charge is 2.10. The number of fused-ring (bicyclic) bond motifs is 1. The number of benzene rings is 1. The van der Waals surface area contributed by atoms with E-state index in [-0.39, 0.29) is 0 Å². The maximum Gasteiger partial charge on any atom is 0.169 e. The number of imidazole rings is 1. The van der Waals surface area contributed by atoms with E-state index in [1.807, 2.05) is 6.07 Å². The predicted molar refractivity (Wildman–Crippen MR) is 84.8 cm³/mol. The third-order valence-corrected chi connectivity index (χ3v) is 4.33. The molecule has 0 atom stereocenters. The van der Waals surface area contributed by atoms with E-state index < -0.39 is 0 Å². The summed E-state index contributed by atoms with van der Waals surface area (Å²) in [4.78, 5) is 4.73. The zero-order valence-electron chi connectivity index (χ0n) is 12.0. The third-order valence-electron chi connectivity index (χ3n) is 3.27. The summed E-state index contributed by atoms with van der Waals surface area (Å²) in [5.74, 6) is 0.963. The molecule has 106 valence electrons. The van der Waals surface area contributed by atoms with Crippen molar-refractivity contribution in [2.45, 2.75) is 50.7 Å². The zero-order chi connectivity index (χ0) is 14.2. The fourth-order valence-corrected chi connectivity index (χ4v) is 3.19. The van der Waals surface area contributed by atoms with E-state index in [2.05, 4.69) is 35.8 Å². The Morgan fingerprint density at radius 1 is 1.25 bits per heavy atom. The minimum atomic E-state index is 0.628. The molecule has 0 N–H and O–H groups in total. The Morgan fingerprint density at radius 3 is 2.90 bits per heavy atom. The molecule has 0 saturated carbocycles. The van der Waals surface area contributed by atoms with Gasteiger partial charge in [-0.3, -0.25) is 0 Å². The van der Waals surface area contributed by atoms with Crippen molar-refractivity contribution in [2.75, 3.05) is 5.75 Å². The van der Waals surface area contributed by atoms with E-state index in [1.54, 1.807) is 11.8 Å². The summed E-state index contributed by atoms with van der Waals surface area (Å²) in [7, 11) is 0. The molecule has 0 aliphatic rings. The average molecular weight is 287 g/mol. The number of hydrogen-bond donors (Lipinski definition) is 0. The molecular formula is C16H21N3S. The van der Waals surface area contributed by atoms with Crippen LogP contribution in [0.1, 0.15) is 39.0 Å². The zero-order valence-corrected chi connectivity index (χ0v) is 12.8. The predicted octanol–water partition coefficient (Wildman–Crippen LogP) is 4.62. The monoisotopic (exact) mass is 287 g/mol. The number of unbranched alkanes of at least 4 members (excludes halogenated alkanes) is 3. The molecule has 0 aliphatic heterocycles. The second-order valence-corrected chi connectivity index (χ2v) is 5.91. The van der Waals surface area contributed by atoms with E-state index in [4.69, 9.17) is 10.2 Å². The van der Waals surface area contributed by atoms with Gasteiger partial charge in [-0.1, -0.05) is 43.7 Å². The fourth-order valence-electron chi connectivity index (χ4n) is 2.21. The number of nitriles is 1. The van der Waals surface area contributed by atoms with E-state index in [0.717, 1.165) is 29.4 Å². The summed E-state index contributed by atoms with van der Waals surface area (Å²) >= 11 is 1.77. The standard InChI is InChI=1S/C16H21N3S/c1-2-3-7-12-19-15-10-5-4-9-14(15)18-16(19)20-13-8-6-11-17/h4-5,9-10H,2-3,6-8,12-13H2,1H3. The third kappa shape index (κ3) is 3.77. The molecule has 0 fully saturated rings. The van der Waals surface area contributed by atoms with Gasteiger partial charge in [-0.2, -0.15) is 5.26 Å². The first-order valence-electron chi connectivity index (χ1n) is 7.32. The van der Waals surface area contributed by atoms with E-state index in [0.29, 0.717) is 6.42 Å². The average Bonchev–Trinajstić information content (AvgIpc) is 2.82. The molecule has 1 aromatic carbocycles. The van der Waals surface area contributed by atoms with Crippen LogP contribution in [0.5, 0.6) is 0 Å². The molecule has 0 saturated heterocycles. The van der Waals surface area contributed by atoms with Crippen LogP contribution in [0.25, 0.3) is 11.0 Å². The largest absolute Gasteiger partial charge is 0.319 e. The van der Waals surface area contributed by atoms with Crippen molar-refractivity contribution in [1.29, 1.82) is 5.26 Å². The lowest BCUT2D eigenvalue weighted by atomic mass is 10.2. The van der Waals surface area contributed by atoms with Crippen molar-refractivity contribution >= 4 is 22.8 Å². The molecule has 20 heavy (non-hydrogen) atoms. The van der Waals surface area contributed by atoms with Crippen LogP contribution in [0.2, 0.25) is 0 Å². The minimum Gasteiger partial charge on any atom is -0.319 e. The maximum absolute atomic E-state index is 8.60. The Kier molecular flexibility index (Phi) is 5.94. The quantitative estimate of drug-likeness (QED) is 0.525. The first-order chi connectivity index (χ1) is 9.86. The lowest BCUT2D eigenvalue weighted by molar-refractivity contribution is 0.579. The minimum absolute atomic E-state index is 0.628. The summed E-state index contributed by atoms with van der Waals surface area (Å²) < 4.78 is 2.34. The lowest BCUT2D eigenvalue weighted by Gasteiger charge is -2.08. The van der Waals surface area contributed by atoms with Crippen LogP contribution in [0.3, 0.4) is 0 Å². The molecular weight excluding hydrogens is 266 g/mol. The second-order valence-electron chi connectivity index (χ2n) is 4.85. The Labute approximate surface area is 125 Å². The van der Waals surface area contributed by atoms with Crippen LogP contribution in [-0.2, 0) is 6.54 Å². The molecule has 0 radical (unpaired) electrons. The van der Waals surface area contributed by atoms with Crippen LogP contribution >= 0.6 is 11.8 Å². The van der Waals surface area contributed by atoms with Crippen molar-refractivity contribution in [2.24, 2.45) is 0 Å². The Hall–Kier alpha value is -1.47. The molecule has 1 heterocycles. The fraction of sp³-hybridized carbons (Fsp3) is 0.500. The number of rotatable bonds is 8. The molecule has 4 heteroatoms. The number of hydrogen-bond acceptors (Lipinski definition) is 3. The summed E-state index contributed by atoms with van der Waals surface area (Å²) in [6, 6.07) is 10.5. The van der Waals surface area contributed by atoms with Crippen LogP contribution in [-0.4, -0.2) is 15.3 Å². The Balaban J connectivity index is 2.13. The number of aromatic nitrogens is 2. The van der Waals surface area contributed by atoms with Crippen LogP contribution in [0, 0.1) is 11.3 Å². The van der Waals surface area contributed by atoms with E-state index >= 15 is 0 Å². The van der Waals surface area contributed by atoms with Gasteiger partial charge in [-0.25, -0.2) is 4.98 Å². The smallest absolute Gasteiger partial charge is 0.169 e. The van der Waals surface area contributed by atoms with E-state index in [1.165, 1.54) is 24.8 Å².